The lowest BCUT2D eigenvalue weighted by molar-refractivity contribution is -0.140. The Morgan fingerprint density at radius 3 is 2.17 bits per heavy atom. The summed E-state index contributed by atoms with van der Waals surface area (Å²) in [6.07, 6.45) is 4.95. The number of rotatable bonds is 8. The summed E-state index contributed by atoms with van der Waals surface area (Å²) in [6.45, 7) is 5.95. The Bertz CT molecular complexity index is 977. The van der Waals surface area contributed by atoms with Crippen molar-refractivity contribution in [2.75, 3.05) is 59.5 Å². The number of hydrogen-bond donors (Lipinski definition) is 0. The summed E-state index contributed by atoms with van der Waals surface area (Å²) in [5.74, 6) is 1.92. The van der Waals surface area contributed by atoms with Gasteiger partial charge in [0, 0.05) is 57.8 Å². The first-order valence-electron chi connectivity index (χ1n) is 12.4. The van der Waals surface area contributed by atoms with Crippen molar-refractivity contribution in [3.05, 3.63) is 66.2 Å². The molecule has 0 bridgehead atoms. The van der Waals surface area contributed by atoms with Gasteiger partial charge in [0.05, 0.1) is 7.11 Å². The van der Waals surface area contributed by atoms with Crippen molar-refractivity contribution in [1.82, 2.24) is 14.7 Å². The van der Waals surface area contributed by atoms with Crippen molar-refractivity contribution in [3.8, 4) is 11.5 Å². The Kier molecular flexibility index (Phi) is 8.79. The lowest BCUT2D eigenvalue weighted by atomic mass is 9.95. The van der Waals surface area contributed by atoms with Crippen LogP contribution in [-0.2, 0) is 9.59 Å². The third kappa shape index (κ3) is 7.09. The highest BCUT2D eigenvalue weighted by atomic mass is 16.5. The van der Waals surface area contributed by atoms with E-state index in [2.05, 4.69) is 4.90 Å². The second kappa shape index (κ2) is 12.4. The Hall–Kier alpha value is -3.32. The van der Waals surface area contributed by atoms with Gasteiger partial charge < -0.3 is 19.3 Å². The summed E-state index contributed by atoms with van der Waals surface area (Å²) in [7, 11) is 1.65. The average molecular weight is 478 g/mol. The number of hydrogen-bond acceptors (Lipinski definition) is 5. The maximum atomic E-state index is 13.1. The monoisotopic (exact) mass is 477 g/mol. The molecule has 0 N–H and O–H groups in total. The van der Waals surface area contributed by atoms with E-state index in [4.69, 9.17) is 9.47 Å². The predicted molar refractivity (Wildman–Crippen MR) is 136 cm³/mol. The normalized spacial score (nSPS) is 17.5. The number of piperidine rings is 1. The van der Waals surface area contributed by atoms with Crippen molar-refractivity contribution in [1.29, 1.82) is 0 Å². The number of amides is 2. The van der Waals surface area contributed by atoms with Crippen molar-refractivity contribution in [2.45, 2.75) is 12.8 Å². The summed E-state index contributed by atoms with van der Waals surface area (Å²) < 4.78 is 11.0. The molecule has 2 saturated heterocycles. The fourth-order valence-corrected chi connectivity index (χ4v) is 4.60. The largest absolute Gasteiger partial charge is 0.497 e. The number of nitrogens with zero attached hydrogens (tertiary/aromatic N) is 3. The number of benzene rings is 2. The molecule has 0 saturated carbocycles. The van der Waals surface area contributed by atoms with Crippen LogP contribution in [0.2, 0.25) is 0 Å². The average Bonchev–Trinajstić information content (AvgIpc) is 2.93. The number of likely N-dealkylation sites (tertiary alicyclic amines) is 1. The Balaban J connectivity index is 1.14. The van der Waals surface area contributed by atoms with E-state index in [0.29, 0.717) is 19.7 Å². The van der Waals surface area contributed by atoms with Crippen molar-refractivity contribution in [3.63, 3.8) is 0 Å². The maximum Gasteiger partial charge on any atom is 0.246 e. The van der Waals surface area contributed by atoms with Gasteiger partial charge in [-0.3, -0.25) is 14.5 Å². The fourth-order valence-electron chi connectivity index (χ4n) is 4.60. The summed E-state index contributed by atoms with van der Waals surface area (Å²) in [5, 5.41) is 0. The van der Waals surface area contributed by atoms with E-state index in [1.54, 1.807) is 13.2 Å². The van der Waals surface area contributed by atoms with Crippen LogP contribution < -0.4 is 9.47 Å². The molecule has 186 valence electrons. The molecule has 2 aliphatic heterocycles. The van der Waals surface area contributed by atoms with Crippen LogP contribution in [-0.4, -0.2) is 86.0 Å². The minimum absolute atomic E-state index is 0.0158. The molecule has 2 heterocycles. The zero-order valence-corrected chi connectivity index (χ0v) is 20.5. The van der Waals surface area contributed by atoms with Gasteiger partial charge in [0.25, 0.3) is 0 Å². The molecule has 7 heteroatoms. The van der Waals surface area contributed by atoms with Gasteiger partial charge in [0.1, 0.15) is 18.1 Å². The van der Waals surface area contributed by atoms with E-state index >= 15 is 0 Å². The van der Waals surface area contributed by atoms with Crippen molar-refractivity contribution >= 4 is 17.9 Å². The van der Waals surface area contributed by atoms with E-state index in [9.17, 15) is 9.59 Å². The van der Waals surface area contributed by atoms with Crippen LogP contribution >= 0.6 is 0 Å². The topological polar surface area (TPSA) is 62.3 Å². The van der Waals surface area contributed by atoms with Gasteiger partial charge in [-0.2, -0.15) is 0 Å². The highest BCUT2D eigenvalue weighted by Crippen LogP contribution is 2.21. The van der Waals surface area contributed by atoms with E-state index < -0.39 is 0 Å². The molecule has 2 amide bonds. The molecule has 2 fully saturated rings. The van der Waals surface area contributed by atoms with E-state index in [-0.39, 0.29) is 17.7 Å². The minimum atomic E-state index is 0.0158. The molecule has 0 spiro atoms. The van der Waals surface area contributed by atoms with E-state index in [0.717, 1.165) is 62.6 Å². The third-order valence-corrected chi connectivity index (χ3v) is 6.79. The second-order valence-corrected chi connectivity index (χ2v) is 9.03. The Labute approximate surface area is 207 Å². The first-order chi connectivity index (χ1) is 17.1. The molecular formula is C28H35N3O4. The van der Waals surface area contributed by atoms with Gasteiger partial charge in [0.2, 0.25) is 11.8 Å². The van der Waals surface area contributed by atoms with Crippen molar-refractivity contribution < 1.29 is 19.1 Å². The Morgan fingerprint density at radius 2 is 1.51 bits per heavy atom. The van der Waals surface area contributed by atoms with Crippen LogP contribution in [0, 0.1) is 5.92 Å². The van der Waals surface area contributed by atoms with Crippen LogP contribution in [0.4, 0.5) is 0 Å². The van der Waals surface area contributed by atoms with Gasteiger partial charge in [-0.15, -0.1) is 0 Å². The molecule has 0 aromatic heterocycles. The minimum Gasteiger partial charge on any atom is -0.497 e. The summed E-state index contributed by atoms with van der Waals surface area (Å²) in [6, 6.07) is 17.4. The van der Waals surface area contributed by atoms with Gasteiger partial charge in [-0.1, -0.05) is 30.3 Å². The van der Waals surface area contributed by atoms with E-state index in [1.807, 2.05) is 70.5 Å². The summed E-state index contributed by atoms with van der Waals surface area (Å²) in [4.78, 5) is 31.8. The quantitative estimate of drug-likeness (QED) is 0.547. The molecule has 4 rings (SSSR count). The predicted octanol–water partition coefficient (Wildman–Crippen LogP) is 3.17. The fraction of sp³-hybridized carbons (Fsp3) is 0.429. The number of carbonyl (C=O) groups is 2. The van der Waals surface area contributed by atoms with Crippen LogP contribution in [0.25, 0.3) is 6.08 Å². The summed E-state index contributed by atoms with van der Waals surface area (Å²) in [5.41, 5.74) is 1.01. The standard InChI is InChI=1S/C28H35N3O4/c1-34-25-8-10-26(11-9-25)35-22-21-29-17-19-31(20-18-29)28(33)24-13-15-30(16-14-24)27(32)12-7-23-5-3-2-4-6-23/h2-12,24H,13-22H2,1H3/b12-7+. The number of piperazine rings is 1. The van der Waals surface area contributed by atoms with Crippen LogP contribution in [0.15, 0.2) is 60.7 Å². The van der Waals surface area contributed by atoms with Crippen LogP contribution in [0.1, 0.15) is 18.4 Å². The molecule has 7 nitrogen and oxygen atoms in total. The number of carbonyl (C=O) groups excluding carboxylic acids is 2. The van der Waals surface area contributed by atoms with Crippen LogP contribution in [0.3, 0.4) is 0 Å². The molecule has 0 unspecified atom stereocenters. The number of methoxy groups -OCH3 is 1. The Morgan fingerprint density at radius 1 is 0.857 bits per heavy atom. The maximum absolute atomic E-state index is 13.1. The smallest absolute Gasteiger partial charge is 0.246 e. The second-order valence-electron chi connectivity index (χ2n) is 9.03. The number of ether oxygens (including phenoxy) is 2. The zero-order chi connectivity index (χ0) is 24.5. The molecular weight excluding hydrogens is 442 g/mol. The highest BCUT2D eigenvalue weighted by molar-refractivity contribution is 5.92. The third-order valence-electron chi connectivity index (χ3n) is 6.79. The molecule has 0 atom stereocenters. The molecule has 2 aliphatic rings. The van der Waals surface area contributed by atoms with E-state index in [1.165, 1.54) is 0 Å². The lowest BCUT2D eigenvalue weighted by Gasteiger charge is -2.38. The molecule has 35 heavy (non-hydrogen) atoms. The molecule has 2 aromatic rings. The highest BCUT2D eigenvalue weighted by Gasteiger charge is 2.31. The first-order valence-corrected chi connectivity index (χ1v) is 12.4. The molecule has 0 aliphatic carbocycles. The lowest BCUT2D eigenvalue weighted by Crippen LogP contribution is -2.52. The first kappa shape index (κ1) is 24.8. The summed E-state index contributed by atoms with van der Waals surface area (Å²) >= 11 is 0. The van der Waals surface area contributed by atoms with Gasteiger partial charge in [0.15, 0.2) is 0 Å². The molecule has 0 radical (unpaired) electrons. The van der Waals surface area contributed by atoms with Gasteiger partial charge in [-0.25, -0.2) is 0 Å². The zero-order valence-electron chi connectivity index (χ0n) is 20.5. The van der Waals surface area contributed by atoms with Crippen molar-refractivity contribution in [2.24, 2.45) is 5.92 Å². The SMILES string of the molecule is COc1ccc(OCCN2CCN(C(=O)C3CCN(C(=O)/C=C/c4ccccc4)CC3)CC2)cc1. The van der Waals surface area contributed by atoms with Gasteiger partial charge >= 0.3 is 0 Å². The van der Waals surface area contributed by atoms with Gasteiger partial charge in [-0.05, 0) is 48.7 Å². The molecule has 2 aromatic carbocycles. The van der Waals surface area contributed by atoms with Crippen LogP contribution in [0.5, 0.6) is 11.5 Å².